The zero-order valence-electron chi connectivity index (χ0n) is 15.2. The first-order valence-corrected chi connectivity index (χ1v) is 8.95. The van der Waals surface area contributed by atoms with Gasteiger partial charge in [-0.3, -0.25) is 4.99 Å². The number of nitrogens with zero attached hydrogens (tertiary/aromatic N) is 1. The minimum Gasteiger partial charge on any atom is -0.491 e. The fraction of sp³-hybridized carbons (Fsp3) is 0.632. The van der Waals surface area contributed by atoms with E-state index in [9.17, 15) is 0 Å². The number of aliphatic imine (C=N–C) groups is 1. The van der Waals surface area contributed by atoms with Gasteiger partial charge in [-0.15, -0.1) is 0 Å². The highest BCUT2D eigenvalue weighted by Crippen LogP contribution is 2.28. The highest BCUT2D eigenvalue weighted by molar-refractivity contribution is 5.79. The van der Waals surface area contributed by atoms with Crippen LogP contribution in [-0.4, -0.2) is 38.9 Å². The van der Waals surface area contributed by atoms with Gasteiger partial charge in [-0.2, -0.15) is 0 Å². The van der Waals surface area contributed by atoms with Crippen LogP contribution in [0.3, 0.4) is 0 Å². The maximum absolute atomic E-state index is 5.72. The molecule has 0 atom stereocenters. The Labute approximate surface area is 145 Å². The molecule has 1 aromatic carbocycles. The van der Waals surface area contributed by atoms with Crippen molar-refractivity contribution in [1.29, 1.82) is 0 Å². The van der Waals surface area contributed by atoms with Crippen molar-refractivity contribution < 1.29 is 9.47 Å². The summed E-state index contributed by atoms with van der Waals surface area (Å²) in [6, 6.07) is 8.14. The molecule has 0 saturated heterocycles. The Morgan fingerprint density at radius 3 is 2.83 bits per heavy atom. The van der Waals surface area contributed by atoms with Crippen LogP contribution in [-0.2, 0) is 11.3 Å². The summed E-state index contributed by atoms with van der Waals surface area (Å²) in [6.45, 7) is 7.39. The molecular weight excluding hydrogens is 302 g/mol. The van der Waals surface area contributed by atoms with Crippen molar-refractivity contribution >= 4 is 5.96 Å². The van der Waals surface area contributed by atoms with Crippen LogP contribution in [0.1, 0.15) is 38.7 Å². The Morgan fingerprint density at radius 2 is 2.12 bits per heavy atom. The minimum absolute atomic E-state index is 0.185. The highest BCUT2D eigenvalue weighted by Gasteiger charge is 2.20. The van der Waals surface area contributed by atoms with E-state index in [1.54, 1.807) is 7.05 Å². The second kappa shape index (κ2) is 10.2. The lowest BCUT2D eigenvalue weighted by molar-refractivity contribution is 0.123. The fourth-order valence-electron chi connectivity index (χ4n) is 2.32. The molecule has 134 valence electrons. The Morgan fingerprint density at radius 1 is 1.29 bits per heavy atom. The smallest absolute Gasteiger partial charge is 0.191 e. The van der Waals surface area contributed by atoms with E-state index in [1.165, 1.54) is 18.4 Å². The zero-order valence-corrected chi connectivity index (χ0v) is 15.2. The molecule has 0 unspecified atom stereocenters. The first-order valence-electron chi connectivity index (χ1n) is 8.95. The Hall–Kier alpha value is -1.75. The molecule has 0 aromatic heterocycles. The van der Waals surface area contributed by atoms with Crippen LogP contribution >= 0.6 is 0 Å². The number of benzene rings is 1. The van der Waals surface area contributed by atoms with Crippen LogP contribution in [0.4, 0.5) is 0 Å². The van der Waals surface area contributed by atoms with Gasteiger partial charge in [-0.05, 0) is 56.7 Å². The molecule has 0 heterocycles. The Balaban J connectivity index is 1.63. The van der Waals surface area contributed by atoms with Gasteiger partial charge in [0, 0.05) is 33.4 Å². The maximum atomic E-state index is 5.72. The van der Waals surface area contributed by atoms with Crippen LogP contribution in [0.15, 0.2) is 29.3 Å². The van der Waals surface area contributed by atoms with E-state index in [-0.39, 0.29) is 6.10 Å². The van der Waals surface area contributed by atoms with Crippen molar-refractivity contribution in [2.24, 2.45) is 10.9 Å². The first kappa shape index (κ1) is 18.6. The molecule has 0 bridgehead atoms. The molecule has 1 fully saturated rings. The van der Waals surface area contributed by atoms with E-state index >= 15 is 0 Å². The molecule has 2 rings (SSSR count). The van der Waals surface area contributed by atoms with E-state index in [2.05, 4.69) is 27.8 Å². The van der Waals surface area contributed by atoms with Crippen molar-refractivity contribution in [2.45, 2.75) is 45.8 Å². The lowest BCUT2D eigenvalue weighted by atomic mass is 10.2. The SMILES string of the molecule is CN=C(NCCCOCC1CC1)NCc1cccc(OC(C)C)c1. The normalized spacial score (nSPS) is 14.8. The topological polar surface area (TPSA) is 54.9 Å². The summed E-state index contributed by atoms with van der Waals surface area (Å²) in [5, 5.41) is 6.65. The molecule has 24 heavy (non-hydrogen) atoms. The lowest BCUT2D eigenvalue weighted by Crippen LogP contribution is -2.37. The van der Waals surface area contributed by atoms with E-state index in [0.29, 0.717) is 6.54 Å². The van der Waals surface area contributed by atoms with E-state index in [0.717, 1.165) is 43.8 Å². The highest BCUT2D eigenvalue weighted by atomic mass is 16.5. The average molecular weight is 333 g/mol. The van der Waals surface area contributed by atoms with Gasteiger partial charge in [0.15, 0.2) is 5.96 Å². The van der Waals surface area contributed by atoms with Crippen LogP contribution in [0.25, 0.3) is 0 Å². The number of nitrogens with one attached hydrogen (secondary N) is 2. The number of rotatable bonds is 10. The van der Waals surface area contributed by atoms with Crippen molar-refractivity contribution in [3.63, 3.8) is 0 Å². The average Bonchev–Trinajstić information content (AvgIpc) is 3.37. The summed E-state index contributed by atoms with van der Waals surface area (Å²) in [7, 11) is 1.79. The standard InChI is InChI=1S/C19H31N3O2/c1-15(2)24-18-7-4-6-17(12-18)13-22-19(20-3)21-10-5-11-23-14-16-8-9-16/h4,6-7,12,15-16H,5,8-11,13-14H2,1-3H3,(H2,20,21,22). The summed E-state index contributed by atoms with van der Waals surface area (Å²) in [5.41, 5.74) is 1.17. The van der Waals surface area contributed by atoms with Crippen molar-refractivity contribution in [2.75, 3.05) is 26.8 Å². The van der Waals surface area contributed by atoms with Gasteiger partial charge in [-0.25, -0.2) is 0 Å². The molecule has 2 N–H and O–H groups in total. The fourth-order valence-corrected chi connectivity index (χ4v) is 2.32. The summed E-state index contributed by atoms with van der Waals surface area (Å²) in [4.78, 5) is 4.25. The van der Waals surface area contributed by atoms with Gasteiger partial charge in [0.2, 0.25) is 0 Å². The second-order valence-corrected chi connectivity index (χ2v) is 6.54. The zero-order chi connectivity index (χ0) is 17.2. The Kier molecular flexibility index (Phi) is 7.89. The molecule has 1 saturated carbocycles. The van der Waals surface area contributed by atoms with Gasteiger partial charge >= 0.3 is 0 Å². The maximum Gasteiger partial charge on any atom is 0.191 e. The summed E-state index contributed by atoms with van der Waals surface area (Å²) < 4.78 is 11.4. The van der Waals surface area contributed by atoms with Gasteiger partial charge in [0.25, 0.3) is 0 Å². The van der Waals surface area contributed by atoms with Crippen molar-refractivity contribution in [3.05, 3.63) is 29.8 Å². The molecule has 1 aliphatic rings. The number of ether oxygens (including phenoxy) is 2. The van der Waals surface area contributed by atoms with Crippen LogP contribution < -0.4 is 15.4 Å². The van der Waals surface area contributed by atoms with Gasteiger partial charge < -0.3 is 20.1 Å². The van der Waals surface area contributed by atoms with Crippen molar-refractivity contribution in [3.8, 4) is 5.75 Å². The van der Waals surface area contributed by atoms with Crippen LogP contribution in [0, 0.1) is 5.92 Å². The number of hydrogen-bond acceptors (Lipinski definition) is 3. The second-order valence-electron chi connectivity index (χ2n) is 6.54. The Bertz CT molecular complexity index is 513. The molecular formula is C19H31N3O2. The largest absolute Gasteiger partial charge is 0.491 e. The molecule has 0 radical (unpaired) electrons. The van der Waals surface area contributed by atoms with Gasteiger partial charge in [0.05, 0.1) is 6.10 Å². The third-order valence-electron chi connectivity index (χ3n) is 3.76. The molecule has 5 nitrogen and oxygen atoms in total. The first-order chi connectivity index (χ1) is 11.7. The molecule has 0 spiro atoms. The number of hydrogen-bond donors (Lipinski definition) is 2. The molecule has 1 aromatic rings. The molecule has 0 amide bonds. The van der Waals surface area contributed by atoms with Crippen molar-refractivity contribution in [1.82, 2.24) is 10.6 Å². The summed E-state index contributed by atoms with van der Waals surface area (Å²) >= 11 is 0. The summed E-state index contributed by atoms with van der Waals surface area (Å²) in [5.74, 6) is 2.55. The third kappa shape index (κ3) is 7.68. The van der Waals surface area contributed by atoms with E-state index in [1.807, 2.05) is 26.0 Å². The third-order valence-corrected chi connectivity index (χ3v) is 3.76. The molecule has 5 heteroatoms. The predicted octanol–water partition coefficient (Wildman–Crippen LogP) is 2.96. The summed E-state index contributed by atoms with van der Waals surface area (Å²) in [6.07, 6.45) is 3.87. The van der Waals surface area contributed by atoms with Gasteiger partial charge in [0.1, 0.15) is 5.75 Å². The van der Waals surface area contributed by atoms with Crippen LogP contribution in [0.2, 0.25) is 0 Å². The van der Waals surface area contributed by atoms with Gasteiger partial charge in [-0.1, -0.05) is 12.1 Å². The molecule has 0 aliphatic heterocycles. The number of guanidine groups is 1. The quantitative estimate of drug-likeness (QED) is 0.393. The van der Waals surface area contributed by atoms with E-state index in [4.69, 9.17) is 9.47 Å². The monoisotopic (exact) mass is 333 g/mol. The lowest BCUT2D eigenvalue weighted by Gasteiger charge is -2.14. The molecule has 1 aliphatic carbocycles. The van der Waals surface area contributed by atoms with Crippen LogP contribution in [0.5, 0.6) is 5.75 Å². The predicted molar refractivity (Wildman–Crippen MR) is 98.6 cm³/mol. The van der Waals surface area contributed by atoms with E-state index < -0.39 is 0 Å². The minimum atomic E-state index is 0.185.